The lowest BCUT2D eigenvalue weighted by atomic mass is 9.93. The third-order valence-corrected chi connectivity index (χ3v) is 10.7. The highest BCUT2D eigenvalue weighted by molar-refractivity contribution is 7.08. The smallest absolute Gasteiger partial charge is 0.254 e. The lowest BCUT2D eigenvalue weighted by Gasteiger charge is -2.42. The first-order valence-electron chi connectivity index (χ1n) is 15.9. The minimum atomic E-state index is -1.50. The van der Waals surface area contributed by atoms with E-state index in [1.165, 1.54) is 11.3 Å². The zero-order chi connectivity index (χ0) is 34.4. The van der Waals surface area contributed by atoms with Gasteiger partial charge in [0.05, 0.1) is 34.3 Å². The van der Waals surface area contributed by atoms with Crippen LogP contribution < -0.4 is 0 Å². The zero-order valence-corrected chi connectivity index (χ0v) is 29.0. The van der Waals surface area contributed by atoms with Crippen molar-refractivity contribution in [3.8, 4) is 6.07 Å². The average molecular weight is 712 g/mol. The molecule has 0 bridgehead atoms. The van der Waals surface area contributed by atoms with E-state index < -0.39 is 31.0 Å². The number of carbonyl (C=O) groups excluding carboxylic acids is 1. The molecule has 1 aliphatic heterocycles. The van der Waals surface area contributed by atoms with Crippen molar-refractivity contribution in [2.24, 2.45) is 0 Å². The van der Waals surface area contributed by atoms with Gasteiger partial charge in [-0.05, 0) is 76.0 Å². The molecule has 48 heavy (non-hydrogen) atoms. The Hall–Kier alpha value is -3.08. The van der Waals surface area contributed by atoms with Gasteiger partial charge in [0.15, 0.2) is 0 Å². The van der Waals surface area contributed by atoms with Crippen molar-refractivity contribution in [2.75, 3.05) is 52.9 Å². The maximum Gasteiger partial charge on any atom is 0.254 e. The molecule has 5 rings (SSSR count). The van der Waals surface area contributed by atoms with Crippen molar-refractivity contribution >= 4 is 51.2 Å². The lowest BCUT2D eigenvalue weighted by Crippen LogP contribution is -2.53. The van der Waals surface area contributed by atoms with E-state index in [9.17, 15) is 30.5 Å². The second-order valence-corrected chi connectivity index (χ2v) is 13.9. The van der Waals surface area contributed by atoms with Crippen LogP contribution in [0.3, 0.4) is 0 Å². The largest absolute Gasteiger partial charge is 0.394 e. The number of benzene rings is 3. The summed E-state index contributed by atoms with van der Waals surface area (Å²) in [4.78, 5) is 20.0. The number of thiophene rings is 1. The maximum absolute atomic E-state index is 13.9. The third kappa shape index (κ3) is 8.37. The number of aliphatic hydroxyl groups excluding tert-OH is 4. The Morgan fingerprint density at radius 3 is 2.40 bits per heavy atom. The number of piperazine rings is 1. The van der Waals surface area contributed by atoms with Crippen molar-refractivity contribution in [2.45, 2.75) is 36.7 Å². The fourth-order valence-corrected chi connectivity index (χ4v) is 7.49. The molecule has 4 N–H and O–H groups in total. The molecule has 0 spiro atoms. The second kappa shape index (κ2) is 16.5. The van der Waals surface area contributed by atoms with Gasteiger partial charge < -0.3 is 30.2 Å². The molecule has 12 heteroatoms. The summed E-state index contributed by atoms with van der Waals surface area (Å²) in [6.07, 6.45) is -3.50. The summed E-state index contributed by atoms with van der Waals surface area (Å²) in [7, 11) is 1.78. The van der Waals surface area contributed by atoms with Gasteiger partial charge >= 0.3 is 0 Å². The molecule has 9 nitrogen and oxygen atoms in total. The third-order valence-electron chi connectivity index (χ3n) is 9.21. The number of likely N-dealkylation sites (N-methyl/N-ethyl adjacent to an activating group) is 1. The first-order chi connectivity index (χ1) is 23.1. The van der Waals surface area contributed by atoms with Crippen molar-refractivity contribution in [3.05, 3.63) is 104 Å². The zero-order valence-electron chi connectivity index (χ0n) is 26.6. The standard InChI is InChI=1S/C36H40Cl2N4O5S/c1-40(36(47)29-17-23(19-39)16-25-4-2-3-5-28(25)29)20-26(24-6-7-30(37)31(38)18-24)8-10-41-11-13-42(14-12-41)33(27-9-15-48-22-27)35(46)34(45)32(44)21-43/h2-7,9,15-18,22,26,32-35,43-46H,8,10-14,20-21H2,1H3/t26-,32-,33+,34+,35+/m1/s1. The summed E-state index contributed by atoms with van der Waals surface area (Å²) >= 11 is 14.2. The molecule has 5 atom stereocenters. The molecule has 1 fully saturated rings. The first-order valence-corrected chi connectivity index (χ1v) is 17.6. The van der Waals surface area contributed by atoms with Gasteiger partial charge in [0.1, 0.15) is 18.3 Å². The molecule has 2 heterocycles. The highest BCUT2D eigenvalue weighted by Gasteiger charge is 2.37. The highest BCUT2D eigenvalue weighted by atomic mass is 35.5. The SMILES string of the molecule is CN(C[C@@H](CCN1CCN([C@@H](c2ccsc2)[C@H](O)[C@@H](O)[C@H](O)CO)CC1)c1ccc(Cl)c(Cl)c1)C(=O)c1cc(C#N)cc2ccccc12. The van der Waals surface area contributed by atoms with Crippen LogP contribution in [-0.4, -0.2) is 112 Å². The average Bonchev–Trinajstić information content (AvgIpc) is 3.64. The number of halogens is 2. The second-order valence-electron chi connectivity index (χ2n) is 12.3. The van der Waals surface area contributed by atoms with Gasteiger partial charge in [0.25, 0.3) is 5.91 Å². The molecule has 254 valence electrons. The number of nitrogens with zero attached hydrogens (tertiary/aromatic N) is 4. The Bertz CT molecular complexity index is 1730. The number of carbonyl (C=O) groups is 1. The van der Waals surface area contributed by atoms with Gasteiger partial charge in [0.2, 0.25) is 0 Å². The van der Waals surface area contributed by atoms with Crippen LogP contribution in [0, 0.1) is 11.3 Å². The van der Waals surface area contributed by atoms with Crippen LogP contribution in [0.1, 0.15) is 45.4 Å². The van der Waals surface area contributed by atoms with E-state index >= 15 is 0 Å². The predicted octanol–water partition coefficient (Wildman–Crippen LogP) is 4.76. The Balaban J connectivity index is 1.29. The fourth-order valence-electron chi connectivity index (χ4n) is 6.49. The molecule has 0 saturated carbocycles. The van der Waals surface area contributed by atoms with Crippen LogP contribution >= 0.6 is 34.5 Å². The lowest BCUT2D eigenvalue weighted by molar-refractivity contribution is -0.108. The van der Waals surface area contributed by atoms with Gasteiger partial charge in [-0.15, -0.1) is 0 Å². The van der Waals surface area contributed by atoms with E-state index in [4.69, 9.17) is 23.2 Å². The molecule has 1 aromatic heterocycles. The Morgan fingerprint density at radius 2 is 1.73 bits per heavy atom. The number of fused-ring (bicyclic) bond motifs is 1. The van der Waals surface area contributed by atoms with Gasteiger partial charge in [-0.1, -0.05) is 53.5 Å². The van der Waals surface area contributed by atoms with Gasteiger partial charge in [-0.2, -0.15) is 16.6 Å². The van der Waals surface area contributed by atoms with E-state index in [0.29, 0.717) is 53.9 Å². The molecular weight excluding hydrogens is 671 g/mol. The van der Waals surface area contributed by atoms with E-state index in [-0.39, 0.29) is 11.8 Å². The van der Waals surface area contributed by atoms with Crippen molar-refractivity contribution < 1.29 is 25.2 Å². The summed E-state index contributed by atoms with van der Waals surface area (Å²) in [5.74, 6) is -0.235. The van der Waals surface area contributed by atoms with Crippen molar-refractivity contribution in [1.82, 2.24) is 14.7 Å². The molecule has 4 aromatic rings. The number of hydrogen-bond donors (Lipinski definition) is 4. The fraction of sp³-hybridized carbons (Fsp3) is 0.389. The molecule has 0 aliphatic carbocycles. The van der Waals surface area contributed by atoms with E-state index in [1.807, 2.05) is 53.2 Å². The van der Waals surface area contributed by atoms with E-state index in [1.54, 1.807) is 30.1 Å². The van der Waals surface area contributed by atoms with Crippen LogP contribution in [-0.2, 0) is 0 Å². The van der Waals surface area contributed by atoms with E-state index in [2.05, 4.69) is 15.9 Å². The van der Waals surface area contributed by atoms with E-state index in [0.717, 1.165) is 34.9 Å². The van der Waals surface area contributed by atoms with Crippen LogP contribution in [0.5, 0.6) is 0 Å². The van der Waals surface area contributed by atoms with Crippen LogP contribution in [0.2, 0.25) is 10.0 Å². The summed E-state index contributed by atoms with van der Waals surface area (Å²) in [6, 6.07) is 20.1. The minimum absolute atomic E-state index is 0.0624. The van der Waals surface area contributed by atoms with Crippen LogP contribution in [0.25, 0.3) is 10.8 Å². The molecule has 3 aromatic carbocycles. The van der Waals surface area contributed by atoms with Gasteiger partial charge in [-0.25, -0.2) is 0 Å². The molecule has 1 aliphatic rings. The van der Waals surface area contributed by atoms with Gasteiger partial charge in [0, 0.05) is 51.3 Å². The summed E-state index contributed by atoms with van der Waals surface area (Å²) < 4.78 is 0. The van der Waals surface area contributed by atoms with Crippen molar-refractivity contribution in [3.63, 3.8) is 0 Å². The number of nitriles is 1. The van der Waals surface area contributed by atoms with Crippen LogP contribution in [0.15, 0.2) is 71.4 Å². The molecular formula is C36H40Cl2N4O5S. The number of rotatable bonds is 13. The summed E-state index contributed by atoms with van der Waals surface area (Å²) in [5, 5.41) is 57.0. The minimum Gasteiger partial charge on any atom is -0.394 e. The number of aliphatic hydroxyl groups is 4. The van der Waals surface area contributed by atoms with Crippen molar-refractivity contribution in [1.29, 1.82) is 5.26 Å². The number of amides is 1. The van der Waals surface area contributed by atoms with Crippen LogP contribution in [0.4, 0.5) is 0 Å². The molecule has 0 radical (unpaired) electrons. The summed E-state index contributed by atoms with van der Waals surface area (Å²) in [5.41, 5.74) is 2.73. The Kier molecular flexibility index (Phi) is 12.5. The molecule has 1 amide bonds. The first kappa shape index (κ1) is 36.2. The normalized spacial score (nSPS) is 17.4. The van der Waals surface area contributed by atoms with Gasteiger partial charge in [-0.3, -0.25) is 9.69 Å². The monoisotopic (exact) mass is 710 g/mol. The molecule has 1 saturated heterocycles. The predicted molar refractivity (Wildman–Crippen MR) is 190 cm³/mol. The molecule has 0 unspecified atom stereocenters. The Labute approximate surface area is 294 Å². The quantitative estimate of drug-likeness (QED) is 0.156. The highest BCUT2D eigenvalue weighted by Crippen LogP contribution is 2.32. The number of hydrogen-bond acceptors (Lipinski definition) is 9. The topological polar surface area (TPSA) is 132 Å². The summed E-state index contributed by atoms with van der Waals surface area (Å²) in [6.45, 7) is 3.18. The Morgan fingerprint density at radius 1 is 0.979 bits per heavy atom. The maximum atomic E-state index is 13.9.